The van der Waals surface area contributed by atoms with Crippen LogP contribution < -0.4 is 10.6 Å². The Bertz CT molecular complexity index is 713. The molecule has 0 spiro atoms. The van der Waals surface area contributed by atoms with Crippen molar-refractivity contribution in [2.75, 3.05) is 17.2 Å². The highest BCUT2D eigenvalue weighted by Gasteiger charge is 2.37. The van der Waals surface area contributed by atoms with Crippen molar-refractivity contribution in [1.29, 1.82) is 0 Å². The third-order valence-electron chi connectivity index (χ3n) is 4.08. The Morgan fingerprint density at radius 2 is 2.04 bits per heavy atom. The van der Waals surface area contributed by atoms with Gasteiger partial charge in [0.15, 0.2) is 0 Å². The fourth-order valence-electron chi connectivity index (χ4n) is 2.99. The zero-order chi connectivity index (χ0) is 17.3. The molecule has 7 nitrogen and oxygen atoms in total. The minimum absolute atomic E-state index is 0.0385. The minimum atomic E-state index is -4.66. The molecule has 10 heteroatoms. The van der Waals surface area contributed by atoms with Gasteiger partial charge in [-0.15, -0.1) is 0 Å². The van der Waals surface area contributed by atoms with Gasteiger partial charge in [-0.1, -0.05) is 0 Å². The summed E-state index contributed by atoms with van der Waals surface area (Å²) in [5.74, 6) is -1.73. The van der Waals surface area contributed by atoms with Crippen molar-refractivity contribution < 1.29 is 13.2 Å². The van der Waals surface area contributed by atoms with E-state index in [-0.39, 0.29) is 12.0 Å². The van der Waals surface area contributed by atoms with Gasteiger partial charge >= 0.3 is 6.18 Å². The molecule has 3 rings (SSSR count). The van der Waals surface area contributed by atoms with Crippen LogP contribution in [-0.4, -0.2) is 31.0 Å². The molecule has 0 amide bonds. The van der Waals surface area contributed by atoms with Gasteiger partial charge in [-0.05, 0) is 26.2 Å². The van der Waals surface area contributed by atoms with Crippen LogP contribution in [0.2, 0.25) is 0 Å². The molecule has 0 aliphatic carbocycles. The molecule has 1 fully saturated rings. The predicted molar refractivity (Wildman–Crippen MR) is 81.1 cm³/mol. The van der Waals surface area contributed by atoms with Crippen molar-refractivity contribution in [1.82, 2.24) is 24.5 Å². The number of hydrogen-bond donors (Lipinski definition) is 1. The number of imidazole rings is 1. The van der Waals surface area contributed by atoms with E-state index in [1.54, 1.807) is 17.4 Å². The Labute approximate surface area is 136 Å². The van der Waals surface area contributed by atoms with E-state index in [4.69, 9.17) is 5.73 Å². The second-order valence-electron chi connectivity index (χ2n) is 5.62. The summed E-state index contributed by atoms with van der Waals surface area (Å²) in [6, 6.07) is -0.135. The van der Waals surface area contributed by atoms with Crippen LogP contribution in [0.25, 0.3) is 0 Å². The summed E-state index contributed by atoms with van der Waals surface area (Å²) in [5, 5.41) is 0. The average Bonchev–Trinajstić information content (AvgIpc) is 3.02. The Kier molecular flexibility index (Phi) is 4.29. The average molecular weight is 341 g/mol. The number of nitrogen functional groups attached to an aromatic ring is 1. The Hall–Kier alpha value is -2.39. The summed E-state index contributed by atoms with van der Waals surface area (Å²) < 4.78 is 40.9. The van der Waals surface area contributed by atoms with Gasteiger partial charge in [-0.25, -0.2) is 4.98 Å². The molecule has 0 aromatic carbocycles. The van der Waals surface area contributed by atoms with Crippen LogP contribution in [-0.2, 0) is 12.7 Å². The van der Waals surface area contributed by atoms with Crippen molar-refractivity contribution in [2.45, 2.75) is 44.9 Å². The van der Waals surface area contributed by atoms with Crippen molar-refractivity contribution >= 4 is 11.9 Å². The molecule has 2 N–H and O–H groups in total. The number of rotatable bonds is 3. The summed E-state index contributed by atoms with van der Waals surface area (Å²) in [5.41, 5.74) is 6.41. The van der Waals surface area contributed by atoms with Gasteiger partial charge in [0, 0.05) is 13.1 Å². The highest BCUT2D eigenvalue weighted by molar-refractivity contribution is 5.39. The van der Waals surface area contributed by atoms with Gasteiger partial charge in [-0.2, -0.15) is 28.1 Å². The summed E-state index contributed by atoms with van der Waals surface area (Å²) >= 11 is 0. The molecule has 0 bridgehead atoms. The van der Waals surface area contributed by atoms with Crippen molar-refractivity contribution in [3.63, 3.8) is 0 Å². The van der Waals surface area contributed by atoms with E-state index in [0.29, 0.717) is 6.54 Å². The lowest BCUT2D eigenvalue weighted by Gasteiger charge is -2.36. The van der Waals surface area contributed by atoms with Crippen molar-refractivity contribution in [3.05, 3.63) is 24.0 Å². The number of nitrogens with zero attached hydrogens (tertiary/aromatic N) is 6. The number of aryl methyl sites for hydroxylation is 1. The Balaban J connectivity index is 2.01. The molecule has 24 heavy (non-hydrogen) atoms. The topological polar surface area (TPSA) is 85.8 Å². The molecule has 130 valence electrons. The fourth-order valence-corrected chi connectivity index (χ4v) is 2.99. The monoisotopic (exact) mass is 341 g/mol. The van der Waals surface area contributed by atoms with Gasteiger partial charge < -0.3 is 15.2 Å². The molecule has 0 saturated carbocycles. The van der Waals surface area contributed by atoms with Gasteiger partial charge in [0.2, 0.25) is 17.7 Å². The SMILES string of the molecule is CCn1cncc1C1CCCCN1c1nc(N)nc(C(F)(F)F)n1. The highest BCUT2D eigenvalue weighted by atomic mass is 19.4. The number of hydrogen-bond acceptors (Lipinski definition) is 6. The first kappa shape index (κ1) is 16.5. The number of aromatic nitrogens is 5. The van der Waals surface area contributed by atoms with Crippen LogP contribution in [0.5, 0.6) is 0 Å². The van der Waals surface area contributed by atoms with E-state index < -0.39 is 17.9 Å². The molecule has 2 aromatic heterocycles. The lowest BCUT2D eigenvalue weighted by atomic mass is 10.00. The van der Waals surface area contributed by atoms with Crippen LogP contribution >= 0.6 is 0 Å². The smallest absolute Gasteiger partial charge is 0.368 e. The number of anilines is 2. The highest BCUT2D eigenvalue weighted by Crippen LogP contribution is 2.35. The quantitative estimate of drug-likeness (QED) is 0.923. The molecule has 3 heterocycles. The molecule has 1 atom stereocenters. The molecular weight excluding hydrogens is 323 g/mol. The summed E-state index contributed by atoms with van der Waals surface area (Å²) in [4.78, 5) is 16.7. The first-order chi connectivity index (χ1) is 11.4. The predicted octanol–water partition coefficient (Wildman–Crippen LogP) is 2.42. The van der Waals surface area contributed by atoms with E-state index in [1.807, 2.05) is 11.5 Å². The van der Waals surface area contributed by atoms with E-state index in [2.05, 4.69) is 19.9 Å². The molecule has 0 radical (unpaired) electrons. The molecule has 1 aliphatic rings. The van der Waals surface area contributed by atoms with E-state index in [0.717, 1.165) is 31.5 Å². The molecule has 2 aromatic rings. The Morgan fingerprint density at radius 3 is 2.75 bits per heavy atom. The Morgan fingerprint density at radius 1 is 1.25 bits per heavy atom. The first-order valence-corrected chi connectivity index (χ1v) is 7.75. The minimum Gasteiger partial charge on any atom is -0.368 e. The largest absolute Gasteiger partial charge is 0.451 e. The summed E-state index contributed by atoms with van der Waals surface area (Å²) in [6.45, 7) is 3.27. The fraction of sp³-hybridized carbons (Fsp3) is 0.571. The van der Waals surface area contributed by atoms with Gasteiger partial charge in [0.25, 0.3) is 0 Å². The third-order valence-corrected chi connectivity index (χ3v) is 4.08. The molecule has 1 aliphatic heterocycles. The first-order valence-electron chi connectivity index (χ1n) is 7.75. The number of alkyl halides is 3. The van der Waals surface area contributed by atoms with Crippen molar-refractivity contribution in [3.8, 4) is 0 Å². The number of nitrogens with two attached hydrogens (primary N) is 1. The van der Waals surface area contributed by atoms with Crippen LogP contribution in [0.3, 0.4) is 0 Å². The maximum absolute atomic E-state index is 13.0. The normalized spacial score (nSPS) is 18.8. The zero-order valence-corrected chi connectivity index (χ0v) is 13.2. The van der Waals surface area contributed by atoms with Gasteiger partial charge in [-0.3, -0.25) is 0 Å². The van der Waals surface area contributed by atoms with Gasteiger partial charge in [0.05, 0.1) is 24.3 Å². The van der Waals surface area contributed by atoms with Gasteiger partial charge in [0.1, 0.15) is 0 Å². The lowest BCUT2D eigenvalue weighted by molar-refractivity contribution is -0.144. The van der Waals surface area contributed by atoms with E-state index in [9.17, 15) is 13.2 Å². The standard InChI is InChI=1S/C14H18F3N7/c1-2-23-8-19-7-10(23)9-5-3-4-6-24(9)13-21-11(14(15,16)17)20-12(18)22-13/h7-9H,2-6H2,1H3,(H2,18,20,21,22). The number of halogens is 3. The lowest BCUT2D eigenvalue weighted by Crippen LogP contribution is -2.36. The third kappa shape index (κ3) is 3.13. The maximum atomic E-state index is 13.0. The summed E-state index contributed by atoms with van der Waals surface area (Å²) in [7, 11) is 0. The number of piperidine rings is 1. The van der Waals surface area contributed by atoms with Crippen LogP contribution in [0.15, 0.2) is 12.5 Å². The van der Waals surface area contributed by atoms with Crippen LogP contribution in [0.4, 0.5) is 25.1 Å². The second kappa shape index (κ2) is 6.25. The van der Waals surface area contributed by atoms with E-state index >= 15 is 0 Å². The van der Waals surface area contributed by atoms with E-state index in [1.165, 1.54) is 0 Å². The second-order valence-corrected chi connectivity index (χ2v) is 5.62. The van der Waals surface area contributed by atoms with Crippen LogP contribution in [0, 0.1) is 0 Å². The van der Waals surface area contributed by atoms with Crippen LogP contribution in [0.1, 0.15) is 43.7 Å². The molecule has 1 unspecified atom stereocenters. The maximum Gasteiger partial charge on any atom is 0.451 e. The summed E-state index contributed by atoms with van der Waals surface area (Å²) in [6.07, 6.45) is 1.40. The van der Waals surface area contributed by atoms with Crippen molar-refractivity contribution in [2.24, 2.45) is 0 Å². The zero-order valence-electron chi connectivity index (χ0n) is 13.2. The molecule has 1 saturated heterocycles. The molecular formula is C14H18F3N7.